The van der Waals surface area contributed by atoms with Gasteiger partial charge in [-0.25, -0.2) is 0 Å². The molecule has 0 bridgehead atoms. The van der Waals surface area contributed by atoms with Crippen LogP contribution in [0.3, 0.4) is 0 Å². The summed E-state index contributed by atoms with van der Waals surface area (Å²) in [6.45, 7) is 7.15. The molecular formula is C12H18BrNO. The molecule has 84 valence electrons. The molecule has 0 fully saturated rings. The van der Waals surface area contributed by atoms with Gasteiger partial charge in [0.05, 0.1) is 7.11 Å². The zero-order chi connectivity index (χ0) is 11.6. The Bertz CT molecular complexity index is 375. The van der Waals surface area contributed by atoms with Crippen molar-refractivity contribution in [1.82, 2.24) is 5.32 Å². The van der Waals surface area contributed by atoms with E-state index in [0.717, 1.165) is 12.3 Å². The van der Waals surface area contributed by atoms with Crippen molar-refractivity contribution < 1.29 is 4.74 Å². The Balaban J connectivity index is 3.47. The molecule has 2 nitrogen and oxygen atoms in total. The van der Waals surface area contributed by atoms with E-state index in [4.69, 9.17) is 4.74 Å². The predicted octanol–water partition coefficient (Wildman–Crippen LogP) is 3.10. The van der Waals surface area contributed by atoms with Gasteiger partial charge in [-0.3, -0.25) is 0 Å². The smallest absolute Gasteiger partial charge is 0.126 e. The fraction of sp³-hybridized carbons (Fsp3) is 0.500. The fourth-order valence-corrected chi connectivity index (χ4v) is 2.35. The van der Waals surface area contributed by atoms with Crippen molar-refractivity contribution in [2.24, 2.45) is 0 Å². The van der Waals surface area contributed by atoms with Gasteiger partial charge in [-0.05, 0) is 44.5 Å². The fourth-order valence-electron chi connectivity index (χ4n) is 1.81. The van der Waals surface area contributed by atoms with Gasteiger partial charge in [0, 0.05) is 16.6 Å². The summed E-state index contributed by atoms with van der Waals surface area (Å²) in [6.07, 6.45) is 0. The molecule has 1 aromatic rings. The summed E-state index contributed by atoms with van der Waals surface area (Å²) < 4.78 is 6.67. The maximum atomic E-state index is 5.48. The summed E-state index contributed by atoms with van der Waals surface area (Å²) in [5.41, 5.74) is 4.95. The Morgan fingerprint density at radius 2 is 1.73 bits per heavy atom. The van der Waals surface area contributed by atoms with E-state index in [-0.39, 0.29) is 0 Å². The highest BCUT2D eigenvalue weighted by Crippen LogP contribution is 2.35. The molecule has 0 aromatic heterocycles. The Morgan fingerprint density at radius 1 is 1.13 bits per heavy atom. The maximum Gasteiger partial charge on any atom is 0.126 e. The van der Waals surface area contributed by atoms with E-state index in [1.165, 1.54) is 26.7 Å². The molecule has 0 saturated heterocycles. The van der Waals surface area contributed by atoms with Crippen molar-refractivity contribution in [2.45, 2.75) is 27.3 Å². The van der Waals surface area contributed by atoms with Crippen LogP contribution in [0.4, 0.5) is 0 Å². The Labute approximate surface area is 100 Å². The van der Waals surface area contributed by atoms with Gasteiger partial charge in [0.25, 0.3) is 0 Å². The van der Waals surface area contributed by atoms with Crippen LogP contribution in [-0.2, 0) is 6.54 Å². The number of nitrogens with one attached hydrogen (secondary N) is 1. The van der Waals surface area contributed by atoms with Crippen molar-refractivity contribution in [3.63, 3.8) is 0 Å². The monoisotopic (exact) mass is 271 g/mol. The van der Waals surface area contributed by atoms with E-state index >= 15 is 0 Å². The van der Waals surface area contributed by atoms with Crippen LogP contribution in [0.5, 0.6) is 5.75 Å². The third kappa shape index (κ3) is 2.18. The SMILES string of the molecule is CNCc1c(C)c(Br)c(C)c(C)c1OC. The second-order valence-electron chi connectivity index (χ2n) is 3.73. The zero-order valence-electron chi connectivity index (χ0n) is 9.99. The molecule has 0 aliphatic rings. The van der Waals surface area contributed by atoms with E-state index in [1.807, 2.05) is 7.05 Å². The molecule has 0 saturated carbocycles. The van der Waals surface area contributed by atoms with Crippen LogP contribution < -0.4 is 10.1 Å². The second-order valence-corrected chi connectivity index (χ2v) is 4.52. The van der Waals surface area contributed by atoms with Crippen LogP contribution >= 0.6 is 15.9 Å². The summed E-state index contributed by atoms with van der Waals surface area (Å²) in [5, 5.41) is 3.17. The summed E-state index contributed by atoms with van der Waals surface area (Å²) >= 11 is 3.63. The molecule has 0 heterocycles. The van der Waals surface area contributed by atoms with Gasteiger partial charge in [0.15, 0.2) is 0 Å². The number of hydrogen-bond donors (Lipinski definition) is 1. The average molecular weight is 272 g/mol. The van der Waals surface area contributed by atoms with Crippen molar-refractivity contribution in [2.75, 3.05) is 14.2 Å². The lowest BCUT2D eigenvalue weighted by molar-refractivity contribution is 0.404. The zero-order valence-corrected chi connectivity index (χ0v) is 11.6. The highest BCUT2D eigenvalue weighted by molar-refractivity contribution is 9.10. The van der Waals surface area contributed by atoms with Crippen LogP contribution in [0.1, 0.15) is 22.3 Å². The molecule has 0 aliphatic heterocycles. The molecule has 1 aromatic carbocycles. The van der Waals surface area contributed by atoms with Crippen LogP contribution in [0.25, 0.3) is 0 Å². The van der Waals surface area contributed by atoms with E-state index in [2.05, 4.69) is 42.0 Å². The predicted molar refractivity (Wildman–Crippen MR) is 67.7 cm³/mol. The minimum absolute atomic E-state index is 0.828. The van der Waals surface area contributed by atoms with E-state index < -0.39 is 0 Å². The van der Waals surface area contributed by atoms with Crippen LogP contribution in [0.15, 0.2) is 4.47 Å². The highest BCUT2D eigenvalue weighted by Gasteiger charge is 2.15. The number of ether oxygens (including phenoxy) is 1. The van der Waals surface area contributed by atoms with Gasteiger partial charge in [-0.15, -0.1) is 0 Å². The molecule has 1 rings (SSSR count). The first-order chi connectivity index (χ1) is 7.04. The summed E-state index contributed by atoms with van der Waals surface area (Å²) in [4.78, 5) is 0. The third-order valence-corrected chi connectivity index (χ3v) is 4.04. The molecule has 1 N–H and O–H groups in total. The Morgan fingerprint density at radius 3 is 2.20 bits per heavy atom. The summed E-state index contributed by atoms with van der Waals surface area (Å²) in [5.74, 6) is 1.00. The van der Waals surface area contributed by atoms with E-state index in [0.29, 0.717) is 0 Å². The number of methoxy groups -OCH3 is 1. The average Bonchev–Trinajstić information content (AvgIpc) is 2.24. The van der Waals surface area contributed by atoms with Crippen LogP contribution in [0, 0.1) is 20.8 Å². The topological polar surface area (TPSA) is 21.3 Å². The van der Waals surface area contributed by atoms with Gasteiger partial charge in [-0.1, -0.05) is 15.9 Å². The van der Waals surface area contributed by atoms with Crippen molar-refractivity contribution >= 4 is 15.9 Å². The van der Waals surface area contributed by atoms with E-state index in [9.17, 15) is 0 Å². The molecule has 3 heteroatoms. The molecule has 0 unspecified atom stereocenters. The lowest BCUT2D eigenvalue weighted by atomic mass is 9.99. The van der Waals surface area contributed by atoms with Gasteiger partial charge >= 0.3 is 0 Å². The molecule has 0 spiro atoms. The molecule has 0 amide bonds. The van der Waals surface area contributed by atoms with Gasteiger partial charge in [0.1, 0.15) is 5.75 Å². The normalized spacial score (nSPS) is 10.5. The van der Waals surface area contributed by atoms with Gasteiger partial charge in [-0.2, -0.15) is 0 Å². The standard InChI is InChI=1S/C12H18BrNO/c1-7-8(2)12(15-5)10(6-14-4)9(3)11(7)13/h14H,6H2,1-5H3. The van der Waals surface area contributed by atoms with E-state index in [1.54, 1.807) is 7.11 Å². The number of halogens is 1. The summed E-state index contributed by atoms with van der Waals surface area (Å²) in [6, 6.07) is 0. The first kappa shape index (κ1) is 12.5. The van der Waals surface area contributed by atoms with Gasteiger partial charge in [0.2, 0.25) is 0 Å². The molecule has 15 heavy (non-hydrogen) atoms. The number of benzene rings is 1. The summed E-state index contributed by atoms with van der Waals surface area (Å²) in [7, 11) is 3.68. The van der Waals surface area contributed by atoms with Crippen LogP contribution in [-0.4, -0.2) is 14.2 Å². The molecular weight excluding hydrogens is 254 g/mol. The molecule has 0 atom stereocenters. The largest absolute Gasteiger partial charge is 0.496 e. The first-order valence-electron chi connectivity index (χ1n) is 5.01. The Kier molecular flexibility index (Phi) is 4.17. The first-order valence-corrected chi connectivity index (χ1v) is 5.80. The number of hydrogen-bond acceptors (Lipinski definition) is 2. The van der Waals surface area contributed by atoms with Crippen molar-refractivity contribution in [3.8, 4) is 5.75 Å². The van der Waals surface area contributed by atoms with Crippen molar-refractivity contribution in [3.05, 3.63) is 26.7 Å². The highest BCUT2D eigenvalue weighted by atomic mass is 79.9. The second kappa shape index (κ2) is 4.99. The van der Waals surface area contributed by atoms with Gasteiger partial charge < -0.3 is 10.1 Å². The van der Waals surface area contributed by atoms with Crippen LogP contribution in [0.2, 0.25) is 0 Å². The minimum atomic E-state index is 0.828. The number of rotatable bonds is 3. The molecule has 0 aliphatic carbocycles. The minimum Gasteiger partial charge on any atom is -0.496 e. The maximum absolute atomic E-state index is 5.48. The molecule has 0 radical (unpaired) electrons. The Hall–Kier alpha value is -0.540. The quantitative estimate of drug-likeness (QED) is 0.912. The lowest BCUT2D eigenvalue weighted by Gasteiger charge is -2.18. The third-order valence-electron chi connectivity index (χ3n) is 2.85. The lowest BCUT2D eigenvalue weighted by Crippen LogP contribution is -2.10. The van der Waals surface area contributed by atoms with Crippen molar-refractivity contribution in [1.29, 1.82) is 0 Å².